The minimum Gasteiger partial charge on any atom is -0.354 e. The number of nitrogens with one attached hydrogen (secondary N) is 2. The van der Waals surface area contributed by atoms with Crippen LogP contribution in [0.4, 0.5) is 0 Å². The van der Waals surface area contributed by atoms with E-state index in [9.17, 15) is 9.59 Å². The van der Waals surface area contributed by atoms with Crippen LogP contribution in [0.15, 0.2) is 18.2 Å². The Bertz CT molecular complexity index is 860. The maximum atomic E-state index is 13.1. The number of hydrogen-bond donors (Lipinski definition) is 2. The average molecular weight is 337 g/mol. The second-order valence-corrected chi connectivity index (χ2v) is 7.10. The Kier molecular flexibility index (Phi) is 4.15. The highest BCUT2D eigenvalue weighted by atomic mass is 16.2. The summed E-state index contributed by atoms with van der Waals surface area (Å²) in [7, 11) is 0. The summed E-state index contributed by atoms with van der Waals surface area (Å²) in [6.45, 7) is 2.72. The molecule has 4 rings (SSSR count). The molecule has 1 aliphatic heterocycles. The van der Waals surface area contributed by atoms with Crippen LogP contribution in [-0.2, 0) is 17.6 Å². The van der Waals surface area contributed by atoms with Crippen LogP contribution < -0.4 is 10.6 Å². The molecule has 1 aliphatic carbocycles. The summed E-state index contributed by atoms with van der Waals surface area (Å²) in [6, 6.07) is 5.62. The van der Waals surface area contributed by atoms with Crippen LogP contribution in [0.25, 0.3) is 10.9 Å². The Morgan fingerprint density at radius 3 is 2.92 bits per heavy atom. The number of aryl methyl sites for hydroxylation is 2. The van der Waals surface area contributed by atoms with Gasteiger partial charge in [-0.3, -0.25) is 14.6 Å². The second kappa shape index (κ2) is 6.47. The Balaban J connectivity index is 1.79. The van der Waals surface area contributed by atoms with Crippen molar-refractivity contribution in [2.45, 2.75) is 51.5 Å². The third kappa shape index (κ3) is 2.99. The summed E-state index contributed by atoms with van der Waals surface area (Å²) in [5.41, 5.74) is 4.81. The molecule has 5 heteroatoms. The number of benzene rings is 1. The topological polar surface area (TPSA) is 71.1 Å². The van der Waals surface area contributed by atoms with Gasteiger partial charge in [-0.25, -0.2) is 0 Å². The molecule has 0 unspecified atom stereocenters. The minimum atomic E-state index is -0.437. The van der Waals surface area contributed by atoms with Crippen LogP contribution in [0.5, 0.6) is 0 Å². The van der Waals surface area contributed by atoms with Gasteiger partial charge < -0.3 is 10.6 Å². The first kappa shape index (κ1) is 16.1. The van der Waals surface area contributed by atoms with E-state index < -0.39 is 6.04 Å². The molecule has 2 N–H and O–H groups in total. The number of rotatable bonds is 2. The van der Waals surface area contributed by atoms with Gasteiger partial charge in [0.25, 0.3) is 5.91 Å². The quantitative estimate of drug-likeness (QED) is 0.884. The predicted molar refractivity (Wildman–Crippen MR) is 96.6 cm³/mol. The van der Waals surface area contributed by atoms with Crippen molar-refractivity contribution in [3.8, 4) is 0 Å². The molecule has 1 aromatic carbocycles. The fraction of sp³-hybridized carbons (Fsp3) is 0.450. The van der Waals surface area contributed by atoms with Gasteiger partial charge in [-0.2, -0.15) is 0 Å². The number of piperidine rings is 1. The number of amides is 2. The number of pyridine rings is 1. The molecule has 2 amide bonds. The Labute approximate surface area is 147 Å². The normalized spacial score (nSPS) is 20.0. The highest BCUT2D eigenvalue weighted by molar-refractivity contribution is 6.09. The van der Waals surface area contributed by atoms with Gasteiger partial charge in [0.15, 0.2) is 0 Å². The molecular formula is C20H23N3O2. The van der Waals surface area contributed by atoms with Crippen LogP contribution in [0.2, 0.25) is 0 Å². The van der Waals surface area contributed by atoms with Gasteiger partial charge in [0.2, 0.25) is 5.91 Å². The Morgan fingerprint density at radius 2 is 2.08 bits per heavy atom. The number of aromatic nitrogens is 1. The zero-order valence-electron chi connectivity index (χ0n) is 14.5. The van der Waals surface area contributed by atoms with Gasteiger partial charge in [0, 0.05) is 17.6 Å². The number of hydrogen-bond acceptors (Lipinski definition) is 3. The van der Waals surface area contributed by atoms with Crippen molar-refractivity contribution in [1.29, 1.82) is 0 Å². The van der Waals surface area contributed by atoms with E-state index in [4.69, 9.17) is 4.98 Å². The standard InChI is InChI=1S/C20H23N3O2/c1-12-8-9-16-14(11-12)18(13-5-2-3-6-15(13)22-16)20(25)23-17-7-4-10-21-19(17)24/h8-9,11,17H,2-7,10H2,1H3,(H,21,24)(H,23,25)/t17-/m1/s1. The minimum absolute atomic E-state index is 0.0805. The highest BCUT2D eigenvalue weighted by Crippen LogP contribution is 2.30. The second-order valence-electron chi connectivity index (χ2n) is 7.10. The molecular weight excluding hydrogens is 314 g/mol. The molecule has 1 fully saturated rings. The van der Waals surface area contributed by atoms with Crippen molar-refractivity contribution in [2.75, 3.05) is 6.54 Å². The molecule has 0 saturated carbocycles. The van der Waals surface area contributed by atoms with E-state index in [-0.39, 0.29) is 11.8 Å². The molecule has 1 saturated heterocycles. The maximum Gasteiger partial charge on any atom is 0.252 e. The van der Waals surface area contributed by atoms with Crippen molar-refractivity contribution >= 4 is 22.7 Å². The molecule has 1 aromatic heterocycles. The van der Waals surface area contributed by atoms with E-state index in [1.54, 1.807) is 0 Å². The summed E-state index contributed by atoms with van der Waals surface area (Å²) in [6.07, 6.45) is 5.58. The maximum absolute atomic E-state index is 13.1. The molecule has 2 heterocycles. The number of fused-ring (bicyclic) bond motifs is 2. The van der Waals surface area contributed by atoms with Gasteiger partial charge in [-0.15, -0.1) is 0 Å². The van der Waals surface area contributed by atoms with Gasteiger partial charge in [0.1, 0.15) is 6.04 Å². The zero-order valence-corrected chi connectivity index (χ0v) is 14.5. The summed E-state index contributed by atoms with van der Waals surface area (Å²) in [5, 5.41) is 6.70. The van der Waals surface area contributed by atoms with Gasteiger partial charge in [-0.05, 0) is 63.1 Å². The summed E-state index contributed by atoms with van der Waals surface area (Å²) in [5.74, 6) is -0.221. The largest absolute Gasteiger partial charge is 0.354 e. The first-order chi connectivity index (χ1) is 12.1. The summed E-state index contributed by atoms with van der Waals surface area (Å²) < 4.78 is 0. The van der Waals surface area contributed by atoms with E-state index in [1.165, 1.54) is 0 Å². The zero-order chi connectivity index (χ0) is 17.4. The predicted octanol–water partition coefficient (Wildman–Crippen LogP) is 2.43. The van der Waals surface area contributed by atoms with E-state index in [0.29, 0.717) is 13.0 Å². The smallest absolute Gasteiger partial charge is 0.252 e. The van der Waals surface area contributed by atoms with E-state index in [1.807, 2.05) is 25.1 Å². The molecule has 2 aromatic rings. The fourth-order valence-corrected chi connectivity index (χ4v) is 3.94. The van der Waals surface area contributed by atoms with Crippen LogP contribution >= 0.6 is 0 Å². The monoisotopic (exact) mass is 337 g/mol. The Hall–Kier alpha value is -2.43. The molecule has 25 heavy (non-hydrogen) atoms. The van der Waals surface area contributed by atoms with Gasteiger partial charge >= 0.3 is 0 Å². The first-order valence-electron chi connectivity index (χ1n) is 9.14. The number of nitrogens with zero attached hydrogens (tertiary/aromatic N) is 1. The molecule has 0 bridgehead atoms. The lowest BCUT2D eigenvalue weighted by molar-refractivity contribution is -0.124. The molecule has 1 atom stereocenters. The molecule has 0 spiro atoms. The van der Waals surface area contributed by atoms with E-state index in [0.717, 1.165) is 65.4 Å². The SMILES string of the molecule is Cc1ccc2nc3c(c(C(=O)N[C@@H]4CCCNC4=O)c2c1)CCCC3. The Morgan fingerprint density at radius 1 is 1.24 bits per heavy atom. The lowest BCUT2D eigenvalue weighted by Gasteiger charge is -2.25. The van der Waals surface area contributed by atoms with Gasteiger partial charge in [0.05, 0.1) is 11.1 Å². The molecule has 130 valence electrons. The van der Waals surface area contributed by atoms with Crippen LogP contribution in [0, 0.1) is 6.92 Å². The number of carbonyl (C=O) groups is 2. The van der Waals surface area contributed by atoms with Crippen molar-refractivity contribution in [3.05, 3.63) is 40.6 Å². The lowest BCUT2D eigenvalue weighted by Crippen LogP contribution is -2.50. The molecule has 5 nitrogen and oxygen atoms in total. The van der Waals surface area contributed by atoms with Crippen LogP contribution in [0.3, 0.4) is 0 Å². The van der Waals surface area contributed by atoms with E-state index in [2.05, 4.69) is 10.6 Å². The lowest BCUT2D eigenvalue weighted by atomic mass is 9.89. The third-order valence-electron chi connectivity index (χ3n) is 5.23. The molecule has 2 aliphatic rings. The molecule has 0 radical (unpaired) electrons. The number of carbonyl (C=O) groups excluding carboxylic acids is 2. The summed E-state index contributed by atoms with van der Waals surface area (Å²) in [4.78, 5) is 30.0. The van der Waals surface area contributed by atoms with Crippen molar-refractivity contribution in [3.63, 3.8) is 0 Å². The highest BCUT2D eigenvalue weighted by Gasteiger charge is 2.28. The fourth-order valence-electron chi connectivity index (χ4n) is 3.94. The van der Waals surface area contributed by atoms with Gasteiger partial charge in [-0.1, -0.05) is 11.6 Å². The van der Waals surface area contributed by atoms with Crippen LogP contribution in [-0.4, -0.2) is 29.4 Å². The van der Waals surface area contributed by atoms with Crippen molar-refractivity contribution < 1.29 is 9.59 Å². The van der Waals surface area contributed by atoms with Crippen molar-refractivity contribution in [1.82, 2.24) is 15.6 Å². The third-order valence-corrected chi connectivity index (χ3v) is 5.23. The average Bonchev–Trinajstić information content (AvgIpc) is 2.61. The first-order valence-corrected chi connectivity index (χ1v) is 9.14. The van der Waals surface area contributed by atoms with Crippen LogP contribution in [0.1, 0.15) is 52.9 Å². The van der Waals surface area contributed by atoms with Crippen molar-refractivity contribution in [2.24, 2.45) is 0 Å². The summed E-state index contributed by atoms with van der Waals surface area (Å²) >= 11 is 0. The van der Waals surface area contributed by atoms with E-state index >= 15 is 0 Å².